The van der Waals surface area contributed by atoms with Gasteiger partial charge in [0.1, 0.15) is 5.82 Å². The van der Waals surface area contributed by atoms with Crippen LogP contribution in [0.25, 0.3) is 0 Å². The van der Waals surface area contributed by atoms with Gasteiger partial charge in [-0.25, -0.2) is 9.18 Å². The van der Waals surface area contributed by atoms with Gasteiger partial charge in [-0.1, -0.05) is 17.7 Å². The maximum Gasteiger partial charge on any atom is 0.337 e. The van der Waals surface area contributed by atoms with Crippen LogP contribution in [0.4, 0.5) is 4.39 Å². The molecule has 2 rings (SSSR count). The largest absolute Gasteiger partial charge is 0.460 e. The van der Waals surface area contributed by atoms with Crippen LogP contribution in [-0.2, 0) is 14.3 Å². The Morgan fingerprint density at radius 2 is 2.15 bits per heavy atom. The van der Waals surface area contributed by atoms with Gasteiger partial charge in [0, 0.05) is 17.8 Å². The van der Waals surface area contributed by atoms with Gasteiger partial charge in [0.25, 0.3) is 0 Å². The normalized spacial score (nSPS) is 17.2. The van der Waals surface area contributed by atoms with Crippen LogP contribution < -0.4 is 5.32 Å². The molecule has 1 N–H and O–H groups in total. The zero-order chi connectivity index (χ0) is 19.4. The van der Waals surface area contributed by atoms with Crippen LogP contribution in [0, 0.1) is 17.1 Å². The van der Waals surface area contributed by atoms with Crippen LogP contribution in [0.15, 0.2) is 40.7 Å². The lowest BCUT2D eigenvalue weighted by atomic mass is 9.81. The summed E-state index contributed by atoms with van der Waals surface area (Å²) in [6, 6.07) is 6.01. The van der Waals surface area contributed by atoms with Crippen molar-refractivity contribution >= 4 is 17.6 Å². The summed E-state index contributed by atoms with van der Waals surface area (Å²) in [7, 11) is 1.50. The summed E-state index contributed by atoms with van der Waals surface area (Å²) in [6.07, 6.45) is -0.347. The fourth-order valence-electron chi connectivity index (χ4n) is 2.87. The Bertz CT molecular complexity index is 825. The number of esters is 1. The van der Waals surface area contributed by atoms with Crippen LogP contribution >= 0.6 is 11.6 Å². The number of hydrogen-bond acceptors (Lipinski definition) is 5. The maximum atomic E-state index is 13.5. The van der Waals surface area contributed by atoms with Gasteiger partial charge in [-0.2, -0.15) is 5.26 Å². The van der Waals surface area contributed by atoms with E-state index in [0.29, 0.717) is 22.5 Å². The standard InChI is InChI=1S/C19H20ClFN2O3/c1-10(2)26-19(24)18-16(9-25-4)23-11(3)14(8-22)17(18)13-6-5-12(21)7-15(13)20/h5-7,10,17,23H,9H2,1-4H3. The van der Waals surface area contributed by atoms with E-state index < -0.39 is 17.7 Å². The van der Waals surface area contributed by atoms with Crippen LogP contribution in [0.5, 0.6) is 0 Å². The molecule has 0 fully saturated rings. The van der Waals surface area contributed by atoms with Gasteiger partial charge in [0.2, 0.25) is 0 Å². The first kappa shape index (κ1) is 20.0. The number of nitriles is 1. The molecule has 1 atom stereocenters. The van der Waals surface area contributed by atoms with Crippen molar-refractivity contribution < 1.29 is 18.7 Å². The molecule has 0 spiro atoms. The first-order valence-corrected chi connectivity index (χ1v) is 8.43. The van der Waals surface area contributed by atoms with Crippen molar-refractivity contribution in [3.63, 3.8) is 0 Å². The minimum Gasteiger partial charge on any atom is -0.460 e. The van der Waals surface area contributed by atoms with Crippen molar-refractivity contribution in [2.45, 2.75) is 32.8 Å². The second kappa shape index (κ2) is 8.35. The number of methoxy groups -OCH3 is 1. The van der Waals surface area contributed by atoms with Crippen molar-refractivity contribution in [1.29, 1.82) is 5.26 Å². The molecule has 7 heteroatoms. The molecule has 1 aliphatic heterocycles. The molecule has 5 nitrogen and oxygen atoms in total. The molecule has 0 saturated carbocycles. The van der Waals surface area contributed by atoms with E-state index in [-0.39, 0.29) is 23.3 Å². The molecule has 0 bridgehead atoms. The van der Waals surface area contributed by atoms with Gasteiger partial charge in [-0.15, -0.1) is 0 Å². The fraction of sp³-hybridized carbons (Fsp3) is 0.368. The van der Waals surface area contributed by atoms with Crippen LogP contribution in [-0.4, -0.2) is 25.8 Å². The molecule has 1 heterocycles. The van der Waals surface area contributed by atoms with E-state index >= 15 is 0 Å². The Morgan fingerprint density at radius 1 is 1.46 bits per heavy atom. The average molecular weight is 379 g/mol. The van der Waals surface area contributed by atoms with Gasteiger partial charge in [-0.05, 0) is 38.5 Å². The molecule has 0 aliphatic carbocycles. The first-order valence-electron chi connectivity index (χ1n) is 8.05. The lowest BCUT2D eigenvalue weighted by molar-refractivity contribution is -0.143. The zero-order valence-corrected chi connectivity index (χ0v) is 15.8. The molecule has 0 saturated heterocycles. The number of ether oxygens (including phenoxy) is 2. The molecule has 1 aromatic rings. The molecular formula is C19H20ClFN2O3. The summed E-state index contributed by atoms with van der Waals surface area (Å²) >= 11 is 6.23. The maximum absolute atomic E-state index is 13.5. The Morgan fingerprint density at radius 3 is 2.69 bits per heavy atom. The molecule has 1 aromatic carbocycles. The SMILES string of the molecule is COCC1=C(C(=O)OC(C)C)C(c2ccc(F)cc2Cl)C(C#N)=C(C)N1. The number of benzene rings is 1. The van der Waals surface area contributed by atoms with Crippen molar-refractivity contribution in [1.82, 2.24) is 5.32 Å². The molecule has 138 valence electrons. The zero-order valence-electron chi connectivity index (χ0n) is 15.0. The number of nitrogens with zero attached hydrogens (tertiary/aromatic N) is 1. The molecular weight excluding hydrogens is 359 g/mol. The summed E-state index contributed by atoms with van der Waals surface area (Å²) in [5.41, 5.74) is 2.06. The second-order valence-electron chi connectivity index (χ2n) is 6.15. The van der Waals surface area contributed by atoms with E-state index in [4.69, 9.17) is 21.1 Å². The minimum absolute atomic E-state index is 0.119. The third-order valence-electron chi connectivity index (χ3n) is 3.89. The van der Waals surface area contributed by atoms with Crippen molar-refractivity contribution in [3.05, 3.63) is 57.1 Å². The molecule has 0 aromatic heterocycles. The number of rotatable bonds is 5. The molecule has 0 amide bonds. The van der Waals surface area contributed by atoms with Gasteiger partial charge in [0.05, 0.1) is 41.5 Å². The number of carbonyl (C=O) groups excluding carboxylic acids is 1. The Labute approximate surface area is 157 Å². The molecule has 1 aliphatic rings. The van der Waals surface area contributed by atoms with E-state index in [0.717, 1.165) is 6.07 Å². The number of halogens is 2. The Kier molecular flexibility index (Phi) is 6.41. The van der Waals surface area contributed by atoms with E-state index in [2.05, 4.69) is 11.4 Å². The van der Waals surface area contributed by atoms with E-state index in [1.807, 2.05) is 0 Å². The highest BCUT2D eigenvalue weighted by Crippen LogP contribution is 2.41. The number of carbonyl (C=O) groups is 1. The predicted octanol–water partition coefficient (Wildman–Crippen LogP) is 3.82. The van der Waals surface area contributed by atoms with E-state index in [9.17, 15) is 14.4 Å². The topological polar surface area (TPSA) is 71.3 Å². The highest BCUT2D eigenvalue weighted by molar-refractivity contribution is 6.31. The van der Waals surface area contributed by atoms with Crippen LogP contribution in [0.3, 0.4) is 0 Å². The Balaban J connectivity index is 2.70. The quantitative estimate of drug-likeness (QED) is 0.789. The summed E-state index contributed by atoms with van der Waals surface area (Å²) < 4.78 is 24.1. The average Bonchev–Trinajstić information content (AvgIpc) is 2.54. The van der Waals surface area contributed by atoms with Gasteiger partial charge >= 0.3 is 5.97 Å². The number of dihydropyridines is 1. The third kappa shape index (κ3) is 4.06. The lowest BCUT2D eigenvalue weighted by Crippen LogP contribution is -2.32. The van der Waals surface area contributed by atoms with Crippen molar-refractivity contribution in [2.75, 3.05) is 13.7 Å². The molecule has 1 unspecified atom stereocenters. The third-order valence-corrected chi connectivity index (χ3v) is 4.22. The summed E-state index contributed by atoms with van der Waals surface area (Å²) in [4.78, 5) is 12.8. The smallest absolute Gasteiger partial charge is 0.337 e. The van der Waals surface area contributed by atoms with Gasteiger partial charge in [-0.3, -0.25) is 0 Å². The summed E-state index contributed by atoms with van der Waals surface area (Å²) in [6.45, 7) is 5.31. The van der Waals surface area contributed by atoms with Crippen LogP contribution in [0.1, 0.15) is 32.3 Å². The monoisotopic (exact) mass is 378 g/mol. The van der Waals surface area contributed by atoms with Crippen LogP contribution in [0.2, 0.25) is 5.02 Å². The number of hydrogen-bond donors (Lipinski definition) is 1. The van der Waals surface area contributed by atoms with E-state index in [1.165, 1.54) is 19.2 Å². The fourth-order valence-corrected chi connectivity index (χ4v) is 3.14. The van der Waals surface area contributed by atoms with Gasteiger partial charge < -0.3 is 14.8 Å². The number of nitrogens with one attached hydrogen (secondary N) is 1. The minimum atomic E-state index is -0.772. The van der Waals surface area contributed by atoms with Crippen molar-refractivity contribution in [3.8, 4) is 6.07 Å². The lowest BCUT2D eigenvalue weighted by Gasteiger charge is -2.30. The van der Waals surface area contributed by atoms with Gasteiger partial charge in [0.15, 0.2) is 0 Å². The molecule has 26 heavy (non-hydrogen) atoms. The molecule has 0 radical (unpaired) electrons. The van der Waals surface area contributed by atoms with Crippen molar-refractivity contribution in [2.24, 2.45) is 0 Å². The predicted molar refractivity (Wildman–Crippen MR) is 95.7 cm³/mol. The van der Waals surface area contributed by atoms with E-state index in [1.54, 1.807) is 20.8 Å². The second-order valence-corrected chi connectivity index (χ2v) is 6.56. The summed E-state index contributed by atoms with van der Waals surface area (Å²) in [5, 5.41) is 12.8. The highest BCUT2D eigenvalue weighted by Gasteiger charge is 2.36. The number of allylic oxidation sites excluding steroid dienone is 2. The first-order chi connectivity index (χ1) is 12.3. The summed E-state index contributed by atoms with van der Waals surface area (Å²) in [5.74, 6) is -1.85. The highest BCUT2D eigenvalue weighted by atomic mass is 35.5. The Hall–Kier alpha value is -2.36.